The highest BCUT2D eigenvalue weighted by Gasteiger charge is 2.33. The van der Waals surface area contributed by atoms with Crippen molar-refractivity contribution in [1.82, 2.24) is 19.7 Å². The number of carboxylic acids is 1. The molecule has 3 heterocycles. The molecule has 1 aliphatic rings. The summed E-state index contributed by atoms with van der Waals surface area (Å²) in [5, 5.41) is 14.5. The zero-order valence-electron chi connectivity index (χ0n) is 14.5. The second kappa shape index (κ2) is 5.94. The van der Waals surface area contributed by atoms with Crippen LogP contribution in [0, 0.1) is 6.92 Å². The molecule has 0 radical (unpaired) electrons. The summed E-state index contributed by atoms with van der Waals surface area (Å²) in [5.74, 6) is -1.85. The Kier molecular flexibility index (Phi) is 3.72. The lowest BCUT2D eigenvalue weighted by Gasteiger charge is -2.33. The molecule has 2 aromatic heterocycles. The topological polar surface area (TPSA) is 88.3 Å². The van der Waals surface area contributed by atoms with Crippen LogP contribution in [0.4, 0.5) is 0 Å². The van der Waals surface area contributed by atoms with Crippen molar-refractivity contribution in [2.75, 3.05) is 6.54 Å². The number of nitrogens with zero attached hydrogens (tertiary/aromatic N) is 4. The van der Waals surface area contributed by atoms with Crippen LogP contribution in [0.5, 0.6) is 0 Å². The van der Waals surface area contributed by atoms with Crippen LogP contribution in [0.2, 0.25) is 0 Å². The van der Waals surface area contributed by atoms with Gasteiger partial charge in [-0.25, -0.2) is 4.98 Å². The molecule has 1 N–H and O–H groups in total. The molecule has 0 fully saturated rings. The fraction of sp³-hybridized carbons (Fsp3) is 0.263. The fourth-order valence-corrected chi connectivity index (χ4v) is 3.56. The number of amides is 1. The van der Waals surface area contributed by atoms with E-state index in [1.807, 2.05) is 31.2 Å². The third kappa shape index (κ3) is 2.52. The number of rotatable bonds is 2. The van der Waals surface area contributed by atoms with Crippen molar-refractivity contribution in [2.45, 2.75) is 19.4 Å². The Morgan fingerprint density at radius 3 is 2.81 bits per heavy atom. The van der Waals surface area contributed by atoms with Gasteiger partial charge in [0.1, 0.15) is 0 Å². The van der Waals surface area contributed by atoms with Crippen LogP contribution < -0.4 is 0 Å². The summed E-state index contributed by atoms with van der Waals surface area (Å²) < 4.78 is 1.63. The molecule has 7 heteroatoms. The molecule has 1 unspecified atom stereocenters. The Morgan fingerprint density at radius 2 is 2.04 bits per heavy atom. The van der Waals surface area contributed by atoms with Crippen LogP contribution >= 0.6 is 0 Å². The number of carbonyl (C=O) groups excluding carboxylic acids is 1. The highest BCUT2D eigenvalue weighted by molar-refractivity contribution is 6.05. The first-order chi connectivity index (χ1) is 12.5. The minimum absolute atomic E-state index is 0.147. The number of fused-ring (bicyclic) bond motifs is 2. The lowest BCUT2D eigenvalue weighted by Crippen LogP contribution is -2.40. The third-order valence-electron chi connectivity index (χ3n) is 4.84. The first kappa shape index (κ1) is 16.3. The molecule has 0 aliphatic carbocycles. The highest BCUT2D eigenvalue weighted by Crippen LogP contribution is 2.30. The lowest BCUT2D eigenvalue weighted by atomic mass is 9.89. The molecule has 1 aromatic carbocycles. The Labute approximate surface area is 149 Å². The fourth-order valence-electron chi connectivity index (χ4n) is 3.56. The summed E-state index contributed by atoms with van der Waals surface area (Å²) in [6.07, 6.45) is 1.63. The molecule has 1 atom stereocenters. The second-order valence-corrected chi connectivity index (χ2v) is 6.59. The summed E-state index contributed by atoms with van der Waals surface area (Å²) in [6.45, 7) is 2.37. The SMILES string of the molecule is Cc1cc(C(=O)N2Cc3ccccc3C(C(=O)O)C2)c2cnn(C)c2n1. The van der Waals surface area contributed by atoms with Crippen molar-refractivity contribution in [3.8, 4) is 0 Å². The number of carboxylic acid groups (broad SMARTS) is 1. The van der Waals surface area contributed by atoms with Crippen LogP contribution in [0.3, 0.4) is 0 Å². The molecule has 0 saturated carbocycles. The van der Waals surface area contributed by atoms with Gasteiger partial charge in [0.05, 0.1) is 23.1 Å². The number of hydrogen-bond donors (Lipinski definition) is 1. The number of aryl methyl sites for hydroxylation is 2. The lowest BCUT2D eigenvalue weighted by molar-refractivity contribution is -0.139. The van der Waals surface area contributed by atoms with E-state index in [-0.39, 0.29) is 12.5 Å². The predicted octanol–water partition coefficient (Wildman–Crippen LogP) is 2.10. The number of aliphatic carboxylic acids is 1. The number of benzene rings is 1. The van der Waals surface area contributed by atoms with Crippen molar-refractivity contribution in [2.24, 2.45) is 7.05 Å². The zero-order chi connectivity index (χ0) is 18.4. The highest BCUT2D eigenvalue weighted by atomic mass is 16.4. The molecule has 3 aromatic rings. The molecule has 26 heavy (non-hydrogen) atoms. The maximum Gasteiger partial charge on any atom is 0.312 e. The van der Waals surface area contributed by atoms with E-state index in [9.17, 15) is 14.7 Å². The molecule has 132 valence electrons. The Bertz CT molecular complexity index is 1040. The number of pyridine rings is 1. The second-order valence-electron chi connectivity index (χ2n) is 6.59. The van der Waals surface area contributed by atoms with E-state index < -0.39 is 11.9 Å². The Morgan fingerprint density at radius 1 is 1.27 bits per heavy atom. The smallest absolute Gasteiger partial charge is 0.312 e. The van der Waals surface area contributed by atoms with Gasteiger partial charge < -0.3 is 10.0 Å². The first-order valence-corrected chi connectivity index (χ1v) is 8.35. The van der Waals surface area contributed by atoms with E-state index in [0.29, 0.717) is 23.1 Å². The van der Waals surface area contributed by atoms with Crippen LogP contribution in [0.15, 0.2) is 36.5 Å². The standard InChI is InChI=1S/C19H18N4O3/c1-11-7-14(15-8-20-22(2)17(15)21-11)18(24)23-9-12-5-3-4-6-13(12)16(10-23)19(25)26/h3-8,16H,9-10H2,1-2H3,(H,25,26). The van der Waals surface area contributed by atoms with Gasteiger partial charge in [-0.3, -0.25) is 14.3 Å². The van der Waals surface area contributed by atoms with E-state index in [4.69, 9.17) is 0 Å². The summed E-state index contributed by atoms with van der Waals surface area (Å²) in [4.78, 5) is 31.0. The summed E-state index contributed by atoms with van der Waals surface area (Å²) in [7, 11) is 1.78. The van der Waals surface area contributed by atoms with E-state index in [0.717, 1.165) is 16.8 Å². The van der Waals surface area contributed by atoms with Crippen LogP contribution in [-0.2, 0) is 18.4 Å². The van der Waals surface area contributed by atoms with Crippen molar-refractivity contribution >= 4 is 22.9 Å². The van der Waals surface area contributed by atoms with Gasteiger partial charge in [0.2, 0.25) is 0 Å². The number of hydrogen-bond acceptors (Lipinski definition) is 4. The van der Waals surface area contributed by atoms with Gasteiger partial charge in [0.25, 0.3) is 5.91 Å². The summed E-state index contributed by atoms with van der Waals surface area (Å²) in [6, 6.07) is 9.13. The number of aromatic nitrogens is 3. The van der Waals surface area contributed by atoms with Gasteiger partial charge in [0, 0.05) is 25.8 Å². The maximum absolute atomic E-state index is 13.2. The maximum atomic E-state index is 13.2. The zero-order valence-corrected chi connectivity index (χ0v) is 14.5. The van der Waals surface area contributed by atoms with Gasteiger partial charge in [-0.2, -0.15) is 5.10 Å². The minimum atomic E-state index is -0.924. The van der Waals surface area contributed by atoms with Gasteiger partial charge in [0.15, 0.2) is 5.65 Å². The molecule has 7 nitrogen and oxygen atoms in total. The first-order valence-electron chi connectivity index (χ1n) is 8.35. The molecule has 1 amide bonds. The molecule has 0 saturated heterocycles. The monoisotopic (exact) mass is 350 g/mol. The normalized spacial score (nSPS) is 16.5. The van der Waals surface area contributed by atoms with E-state index >= 15 is 0 Å². The number of carbonyl (C=O) groups is 2. The predicted molar refractivity (Wildman–Crippen MR) is 94.8 cm³/mol. The van der Waals surface area contributed by atoms with Gasteiger partial charge in [-0.05, 0) is 24.1 Å². The molecular weight excluding hydrogens is 332 g/mol. The van der Waals surface area contributed by atoms with Crippen molar-refractivity contribution in [3.63, 3.8) is 0 Å². The van der Waals surface area contributed by atoms with Crippen molar-refractivity contribution in [3.05, 3.63) is 58.9 Å². The molecule has 0 bridgehead atoms. The largest absolute Gasteiger partial charge is 0.481 e. The quantitative estimate of drug-likeness (QED) is 0.765. The van der Waals surface area contributed by atoms with Gasteiger partial charge in [-0.1, -0.05) is 24.3 Å². The Hall–Kier alpha value is -3.22. The van der Waals surface area contributed by atoms with Crippen molar-refractivity contribution in [1.29, 1.82) is 0 Å². The molecule has 0 spiro atoms. The average Bonchev–Trinajstić information content (AvgIpc) is 3.00. The van der Waals surface area contributed by atoms with Gasteiger partial charge >= 0.3 is 5.97 Å². The summed E-state index contributed by atoms with van der Waals surface area (Å²) >= 11 is 0. The van der Waals surface area contributed by atoms with Crippen LogP contribution in [0.1, 0.15) is 33.1 Å². The van der Waals surface area contributed by atoms with Crippen LogP contribution in [-0.4, -0.2) is 43.2 Å². The van der Waals surface area contributed by atoms with E-state index in [1.54, 1.807) is 28.9 Å². The van der Waals surface area contributed by atoms with E-state index in [1.165, 1.54) is 0 Å². The minimum Gasteiger partial charge on any atom is -0.481 e. The van der Waals surface area contributed by atoms with Crippen LogP contribution in [0.25, 0.3) is 11.0 Å². The van der Waals surface area contributed by atoms with Gasteiger partial charge in [-0.15, -0.1) is 0 Å². The molecule has 4 rings (SSSR count). The molecule has 1 aliphatic heterocycles. The van der Waals surface area contributed by atoms with E-state index in [2.05, 4.69) is 10.1 Å². The average molecular weight is 350 g/mol. The Balaban J connectivity index is 1.77. The third-order valence-corrected chi connectivity index (χ3v) is 4.84. The molecular formula is C19H18N4O3. The van der Waals surface area contributed by atoms with Crippen molar-refractivity contribution < 1.29 is 14.7 Å². The summed E-state index contributed by atoms with van der Waals surface area (Å²) in [5.41, 5.74) is 3.51.